The molecule has 0 radical (unpaired) electrons. The summed E-state index contributed by atoms with van der Waals surface area (Å²) in [6.45, 7) is 2.65. The van der Waals surface area contributed by atoms with E-state index in [1.165, 1.54) is 6.92 Å². The van der Waals surface area contributed by atoms with Gasteiger partial charge in [-0.15, -0.1) is 0 Å². The first-order valence-electron chi connectivity index (χ1n) is 6.92. The summed E-state index contributed by atoms with van der Waals surface area (Å²) in [7, 11) is 0. The van der Waals surface area contributed by atoms with Crippen LogP contribution in [0.2, 0.25) is 0 Å². The number of alkyl halides is 7. The second kappa shape index (κ2) is 8.01. The van der Waals surface area contributed by atoms with Gasteiger partial charge < -0.3 is 4.74 Å². The van der Waals surface area contributed by atoms with E-state index in [0.29, 0.717) is 19.3 Å². The van der Waals surface area contributed by atoms with Crippen LogP contribution in [0.4, 0.5) is 30.7 Å². The Bertz CT molecular complexity index is 353. The number of carbonyl (C=O) groups excluding carboxylic acids is 1. The molecule has 1 unspecified atom stereocenters. The van der Waals surface area contributed by atoms with Gasteiger partial charge in [-0.1, -0.05) is 32.6 Å². The van der Waals surface area contributed by atoms with Gasteiger partial charge in [0.05, 0.1) is 6.61 Å². The molecule has 0 aromatic carbocycles. The highest BCUT2D eigenvalue weighted by atomic mass is 19.4. The molecule has 9 heteroatoms. The average Bonchev–Trinajstić information content (AvgIpc) is 2.37. The number of halogens is 7. The summed E-state index contributed by atoms with van der Waals surface area (Å²) in [6, 6.07) is 0. The number of hydrogen-bond donors (Lipinski definition) is 0. The Morgan fingerprint density at radius 3 is 1.91 bits per heavy atom. The van der Waals surface area contributed by atoms with Crippen molar-refractivity contribution >= 4 is 5.97 Å². The van der Waals surface area contributed by atoms with Crippen LogP contribution in [0, 0.1) is 5.92 Å². The van der Waals surface area contributed by atoms with Crippen molar-refractivity contribution in [2.45, 2.75) is 64.0 Å². The Hall–Kier alpha value is -1.02. The van der Waals surface area contributed by atoms with E-state index in [1.807, 2.05) is 0 Å². The van der Waals surface area contributed by atoms with Gasteiger partial charge in [-0.3, -0.25) is 4.79 Å². The third-order valence-corrected chi connectivity index (χ3v) is 3.13. The van der Waals surface area contributed by atoms with E-state index in [1.54, 1.807) is 6.92 Å². The van der Waals surface area contributed by atoms with E-state index in [9.17, 15) is 35.5 Å². The zero-order valence-electron chi connectivity index (χ0n) is 12.3. The van der Waals surface area contributed by atoms with E-state index < -0.39 is 42.9 Å². The van der Waals surface area contributed by atoms with Crippen molar-refractivity contribution < 1.29 is 40.3 Å². The molecular weight excluding hydrogens is 321 g/mol. The minimum Gasteiger partial charge on any atom is -0.466 e. The highest BCUT2D eigenvalue weighted by Gasteiger charge is 2.76. The number of rotatable bonds is 9. The van der Waals surface area contributed by atoms with Crippen molar-refractivity contribution in [3.05, 3.63) is 0 Å². The smallest absolute Gasteiger partial charge is 0.459 e. The van der Waals surface area contributed by atoms with Crippen molar-refractivity contribution in [3.63, 3.8) is 0 Å². The lowest BCUT2D eigenvalue weighted by atomic mass is 9.90. The van der Waals surface area contributed by atoms with Crippen molar-refractivity contribution in [1.82, 2.24) is 0 Å². The third-order valence-electron chi connectivity index (χ3n) is 3.13. The normalized spacial score (nSPS) is 14.8. The fourth-order valence-corrected chi connectivity index (χ4v) is 1.87. The topological polar surface area (TPSA) is 26.3 Å². The van der Waals surface area contributed by atoms with Gasteiger partial charge in [0, 0.05) is 0 Å². The van der Waals surface area contributed by atoms with Crippen molar-refractivity contribution in [3.8, 4) is 0 Å². The molecule has 1 atom stereocenters. The summed E-state index contributed by atoms with van der Waals surface area (Å²) in [5.74, 6) is -16.4. The van der Waals surface area contributed by atoms with E-state index in [4.69, 9.17) is 0 Å². The quantitative estimate of drug-likeness (QED) is 0.337. The Labute approximate surface area is 124 Å². The highest BCUT2D eigenvalue weighted by molar-refractivity contribution is 5.73. The Morgan fingerprint density at radius 1 is 0.955 bits per heavy atom. The molecule has 0 heterocycles. The summed E-state index contributed by atoms with van der Waals surface area (Å²) < 4.78 is 94.3. The molecule has 0 saturated heterocycles. The van der Waals surface area contributed by atoms with Gasteiger partial charge in [0.15, 0.2) is 0 Å². The van der Waals surface area contributed by atoms with Gasteiger partial charge in [0.25, 0.3) is 0 Å². The standard InChI is InChI=1S/C13H19F7O2/c1-3-5-6-7-8-9(10(21)22-4-2)11(14,15)12(16,17)13(18,19)20/h9H,3-8H2,1-2H3. The lowest BCUT2D eigenvalue weighted by Crippen LogP contribution is -2.57. The number of hydrogen-bond acceptors (Lipinski definition) is 2. The lowest BCUT2D eigenvalue weighted by Gasteiger charge is -2.32. The molecule has 0 amide bonds. The number of carbonyl (C=O) groups is 1. The van der Waals surface area contributed by atoms with E-state index in [-0.39, 0.29) is 6.42 Å². The minimum atomic E-state index is -6.45. The minimum absolute atomic E-state index is 0.0686. The second-order valence-corrected chi connectivity index (χ2v) is 4.85. The monoisotopic (exact) mass is 340 g/mol. The Morgan fingerprint density at radius 2 is 1.50 bits per heavy atom. The van der Waals surface area contributed by atoms with Crippen molar-refractivity contribution in [2.75, 3.05) is 6.61 Å². The van der Waals surface area contributed by atoms with Crippen LogP contribution in [0.5, 0.6) is 0 Å². The maximum Gasteiger partial charge on any atom is 0.459 e. The van der Waals surface area contributed by atoms with Gasteiger partial charge in [0.1, 0.15) is 5.92 Å². The van der Waals surface area contributed by atoms with Gasteiger partial charge in [-0.2, -0.15) is 30.7 Å². The van der Waals surface area contributed by atoms with Crippen LogP contribution < -0.4 is 0 Å². The lowest BCUT2D eigenvalue weighted by molar-refractivity contribution is -0.364. The summed E-state index contributed by atoms with van der Waals surface area (Å²) in [5.41, 5.74) is 0. The summed E-state index contributed by atoms with van der Waals surface area (Å²) in [5, 5.41) is 0. The first-order chi connectivity index (χ1) is 9.93. The Kier molecular flexibility index (Phi) is 7.64. The van der Waals surface area contributed by atoms with Gasteiger partial charge in [-0.05, 0) is 13.3 Å². The molecule has 0 N–H and O–H groups in total. The van der Waals surface area contributed by atoms with Crippen molar-refractivity contribution in [2.24, 2.45) is 5.92 Å². The number of esters is 1. The summed E-state index contributed by atoms with van der Waals surface area (Å²) >= 11 is 0. The molecule has 132 valence electrons. The molecule has 0 aromatic heterocycles. The molecule has 0 saturated carbocycles. The molecule has 2 nitrogen and oxygen atoms in total. The van der Waals surface area contributed by atoms with Crippen LogP contribution in [-0.4, -0.2) is 30.6 Å². The third kappa shape index (κ3) is 4.74. The van der Waals surface area contributed by atoms with Crippen molar-refractivity contribution in [1.29, 1.82) is 0 Å². The first kappa shape index (κ1) is 21.0. The van der Waals surface area contributed by atoms with Crippen LogP contribution in [0.3, 0.4) is 0 Å². The molecule has 0 aliphatic rings. The first-order valence-corrected chi connectivity index (χ1v) is 6.92. The van der Waals surface area contributed by atoms with Gasteiger partial charge >= 0.3 is 24.0 Å². The average molecular weight is 340 g/mol. The van der Waals surface area contributed by atoms with E-state index >= 15 is 0 Å². The van der Waals surface area contributed by atoms with E-state index in [2.05, 4.69) is 4.74 Å². The zero-order chi connectivity index (χ0) is 17.6. The predicted molar refractivity (Wildman–Crippen MR) is 64.8 cm³/mol. The van der Waals surface area contributed by atoms with Crippen LogP contribution in [0.1, 0.15) is 46.0 Å². The molecule has 0 spiro atoms. The van der Waals surface area contributed by atoms with Crippen LogP contribution >= 0.6 is 0 Å². The molecule has 0 aromatic rings. The molecule has 0 aliphatic heterocycles. The van der Waals surface area contributed by atoms with Crippen LogP contribution in [-0.2, 0) is 9.53 Å². The largest absolute Gasteiger partial charge is 0.466 e. The predicted octanol–water partition coefficient (Wildman–Crippen LogP) is 4.97. The molecule has 22 heavy (non-hydrogen) atoms. The number of ether oxygens (including phenoxy) is 1. The fraction of sp³-hybridized carbons (Fsp3) is 0.923. The summed E-state index contributed by atoms with van der Waals surface area (Å²) in [6.07, 6.45) is -5.67. The van der Waals surface area contributed by atoms with E-state index in [0.717, 1.165) is 0 Å². The summed E-state index contributed by atoms with van der Waals surface area (Å²) in [4.78, 5) is 11.4. The van der Waals surface area contributed by atoms with Gasteiger partial charge in [0.2, 0.25) is 0 Å². The molecule has 0 rings (SSSR count). The van der Waals surface area contributed by atoms with Gasteiger partial charge in [-0.25, -0.2) is 0 Å². The maximum absolute atomic E-state index is 13.7. The molecule has 0 bridgehead atoms. The molecule has 0 fully saturated rings. The Balaban J connectivity index is 5.32. The molecule has 0 aliphatic carbocycles. The SMILES string of the molecule is CCCCCCC(C(=O)OCC)C(F)(F)C(F)(F)C(F)(F)F. The number of unbranched alkanes of at least 4 members (excludes halogenated alkanes) is 3. The molecular formula is C13H19F7O2. The highest BCUT2D eigenvalue weighted by Crippen LogP contribution is 2.51. The maximum atomic E-state index is 13.7. The van der Waals surface area contributed by atoms with Crippen LogP contribution in [0.15, 0.2) is 0 Å². The zero-order valence-corrected chi connectivity index (χ0v) is 12.3. The van der Waals surface area contributed by atoms with Crippen LogP contribution in [0.25, 0.3) is 0 Å². The fourth-order valence-electron chi connectivity index (χ4n) is 1.87. The second-order valence-electron chi connectivity index (χ2n) is 4.85.